The SMILES string of the molecule is CC(CCl)CS(=O)(=O)NCCCN1CCCC1=O. The summed E-state index contributed by atoms with van der Waals surface area (Å²) in [6.45, 7) is 3.61. The van der Waals surface area contributed by atoms with Crippen LogP contribution in [-0.4, -0.2) is 50.5 Å². The predicted octanol–water partition coefficient (Wildman–Crippen LogP) is 0.793. The molecular weight excluding hydrogens is 276 g/mol. The number of sulfonamides is 1. The topological polar surface area (TPSA) is 66.5 Å². The third-order valence-corrected chi connectivity index (χ3v) is 5.04. The molecule has 0 radical (unpaired) electrons. The number of amides is 1. The van der Waals surface area contributed by atoms with E-state index < -0.39 is 10.0 Å². The Kier molecular flexibility index (Phi) is 6.38. The lowest BCUT2D eigenvalue weighted by molar-refractivity contribution is -0.127. The number of nitrogens with zero attached hydrogens (tertiary/aromatic N) is 1. The zero-order valence-electron chi connectivity index (χ0n) is 10.7. The summed E-state index contributed by atoms with van der Waals surface area (Å²) in [6.07, 6.45) is 2.19. The van der Waals surface area contributed by atoms with Crippen LogP contribution in [0.1, 0.15) is 26.2 Å². The van der Waals surface area contributed by atoms with Crippen molar-refractivity contribution < 1.29 is 13.2 Å². The Morgan fingerprint density at radius 1 is 1.50 bits per heavy atom. The monoisotopic (exact) mass is 296 g/mol. The van der Waals surface area contributed by atoms with Gasteiger partial charge in [-0.05, 0) is 18.8 Å². The molecule has 7 heteroatoms. The van der Waals surface area contributed by atoms with E-state index in [2.05, 4.69) is 4.72 Å². The van der Waals surface area contributed by atoms with E-state index in [0.29, 0.717) is 31.8 Å². The zero-order valence-corrected chi connectivity index (χ0v) is 12.3. The van der Waals surface area contributed by atoms with Crippen LogP contribution >= 0.6 is 11.6 Å². The highest BCUT2D eigenvalue weighted by molar-refractivity contribution is 7.89. The standard InChI is InChI=1S/C11H21ClN2O3S/c1-10(8-12)9-18(16,17)13-5-3-7-14-6-2-4-11(14)15/h10,13H,2-9H2,1H3. The number of rotatable bonds is 8. The molecule has 0 saturated carbocycles. The van der Waals surface area contributed by atoms with E-state index in [9.17, 15) is 13.2 Å². The molecule has 5 nitrogen and oxygen atoms in total. The van der Waals surface area contributed by atoms with Crippen molar-refractivity contribution >= 4 is 27.5 Å². The first kappa shape index (κ1) is 15.7. The van der Waals surface area contributed by atoms with Crippen LogP contribution in [0.4, 0.5) is 0 Å². The van der Waals surface area contributed by atoms with Crippen molar-refractivity contribution in [2.45, 2.75) is 26.2 Å². The molecule has 1 amide bonds. The highest BCUT2D eigenvalue weighted by Crippen LogP contribution is 2.09. The van der Waals surface area contributed by atoms with Gasteiger partial charge in [-0.1, -0.05) is 6.92 Å². The minimum absolute atomic E-state index is 0.0515. The molecule has 1 aliphatic rings. The largest absolute Gasteiger partial charge is 0.343 e. The molecule has 0 spiro atoms. The van der Waals surface area contributed by atoms with Gasteiger partial charge >= 0.3 is 0 Å². The van der Waals surface area contributed by atoms with Crippen molar-refractivity contribution in [3.63, 3.8) is 0 Å². The van der Waals surface area contributed by atoms with Gasteiger partial charge in [0.15, 0.2) is 0 Å². The lowest BCUT2D eigenvalue weighted by Gasteiger charge is -2.15. The molecule has 1 unspecified atom stereocenters. The summed E-state index contributed by atoms with van der Waals surface area (Å²) < 4.78 is 25.8. The van der Waals surface area contributed by atoms with E-state index in [1.54, 1.807) is 11.8 Å². The Balaban J connectivity index is 2.18. The molecule has 1 saturated heterocycles. The molecule has 1 aliphatic heterocycles. The first-order valence-corrected chi connectivity index (χ1v) is 8.44. The zero-order chi connectivity index (χ0) is 13.6. The van der Waals surface area contributed by atoms with Gasteiger partial charge < -0.3 is 4.90 Å². The average Bonchev–Trinajstić information content (AvgIpc) is 2.70. The third-order valence-electron chi connectivity index (χ3n) is 2.87. The number of likely N-dealkylation sites (tertiary alicyclic amines) is 1. The first-order valence-electron chi connectivity index (χ1n) is 6.25. The van der Waals surface area contributed by atoms with Crippen molar-refractivity contribution in [2.24, 2.45) is 5.92 Å². The van der Waals surface area contributed by atoms with Crippen LogP contribution in [0.2, 0.25) is 0 Å². The van der Waals surface area contributed by atoms with Gasteiger partial charge in [-0.3, -0.25) is 4.79 Å². The van der Waals surface area contributed by atoms with Crippen molar-refractivity contribution in [3.05, 3.63) is 0 Å². The summed E-state index contributed by atoms with van der Waals surface area (Å²) in [5.74, 6) is 0.514. The first-order chi connectivity index (χ1) is 8.44. The molecular formula is C11H21ClN2O3S. The fourth-order valence-electron chi connectivity index (χ4n) is 1.92. The number of carbonyl (C=O) groups excluding carboxylic acids is 1. The van der Waals surface area contributed by atoms with E-state index in [4.69, 9.17) is 11.6 Å². The summed E-state index contributed by atoms with van der Waals surface area (Å²) in [6, 6.07) is 0. The number of hydrogen-bond donors (Lipinski definition) is 1. The van der Waals surface area contributed by atoms with Gasteiger partial charge in [-0.2, -0.15) is 0 Å². The van der Waals surface area contributed by atoms with E-state index in [1.807, 2.05) is 0 Å². The smallest absolute Gasteiger partial charge is 0.222 e. The van der Waals surface area contributed by atoms with Crippen LogP contribution in [0.5, 0.6) is 0 Å². The highest BCUT2D eigenvalue weighted by atomic mass is 35.5. The van der Waals surface area contributed by atoms with Gasteiger partial charge in [0.05, 0.1) is 5.75 Å². The molecule has 1 rings (SSSR count). The summed E-state index contributed by atoms with van der Waals surface area (Å²) in [4.78, 5) is 13.1. The third kappa shape index (κ3) is 5.54. The Morgan fingerprint density at radius 3 is 2.78 bits per heavy atom. The van der Waals surface area contributed by atoms with E-state index >= 15 is 0 Å². The van der Waals surface area contributed by atoms with Gasteiger partial charge in [0.25, 0.3) is 0 Å². The van der Waals surface area contributed by atoms with Crippen molar-refractivity contribution in [2.75, 3.05) is 31.3 Å². The summed E-state index contributed by atoms with van der Waals surface area (Å²) in [5, 5.41) is 0. The Labute approximate surface area is 114 Å². The number of carbonyl (C=O) groups is 1. The average molecular weight is 297 g/mol. The Bertz CT molecular complexity index is 372. The Hall–Kier alpha value is -0.330. The number of alkyl halides is 1. The highest BCUT2D eigenvalue weighted by Gasteiger charge is 2.19. The van der Waals surface area contributed by atoms with Crippen LogP contribution in [0.25, 0.3) is 0 Å². The molecule has 0 aromatic carbocycles. The fourth-order valence-corrected chi connectivity index (χ4v) is 3.59. The maximum absolute atomic E-state index is 11.6. The fraction of sp³-hybridized carbons (Fsp3) is 0.909. The quantitative estimate of drug-likeness (QED) is 0.532. The second-order valence-corrected chi connectivity index (χ2v) is 6.93. The van der Waals surface area contributed by atoms with Crippen molar-refractivity contribution in [1.29, 1.82) is 0 Å². The molecule has 1 atom stereocenters. The molecule has 106 valence electrons. The maximum atomic E-state index is 11.6. The van der Waals surface area contributed by atoms with Crippen molar-refractivity contribution in [3.8, 4) is 0 Å². The van der Waals surface area contributed by atoms with Gasteiger partial charge in [0, 0.05) is 31.9 Å². The minimum atomic E-state index is -3.24. The molecule has 0 aromatic rings. The lowest BCUT2D eigenvalue weighted by Crippen LogP contribution is -2.33. The summed E-state index contributed by atoms with van der Waals surface area (Å²) in [5.41, 5.74) is 0. The number of halogens is 1. The summed E-state index contributed by atoms with van der Waals surface area (Å²) in [7, 11) is -3.24. The maximum Gasteiger partial charge on any atom is 0.222 e. The Morgan fingerprint density at radius 2 is 2.22 bits per heavy atom. The lowest BCUT2D eigenvalue weighted by atomic mass is 10.3. The van der Waals surface area contributed by atoms with Crippen LogP contribution < -0.4 is 4.72 Å². The molecule has 1 fully saturated rings. The normalized spacial score (nSPS) is 18.3. The second kappa shape index (κ2) is 7.31. The van der Waals surface area contributed by atoms with Crippen LogP contribution in [-0.2, 0) is 14.8 Å². The van der Waals surface area contributed by atoms with Gasteiger partial charge in [-0.15, -0.1) is 11.6 Å². The minimum Gasteiger partial charge on any atom is -0.343 e. The molecule has 0 bridgehead atoms. The summed E-state index contributed by atoms with van der Waals surface area (Å²) >= 11 is 5.59. The van der Waals surface area contributed by atoms with Gasteiger partial charge in [-0.25, -0.2) is 13.1 Å². The number of hydrogen-bond acceptors (Lipinski definition) is 3. The van der Waals surface area contributed by atoms with E-state index in [0.717, 1.165) is 13.0 Å². The van der Waals surface area contributed by atoms with E-state index in [1.165, 1.54) is 0 Å². The number of nitrogens with one attached hydrogen (secondary N) is 1. The van der Waals surface area contributed by atoms with Crippen LogP contribution in [0, 0.1) is 5.92 Å². The molecule has 1 N–H and O–H groups in total. The predicted molar refractivity (Wildman–Crippen MR) is 72.1 cm³/mol. The van der Waals surface area contributed by atoms with E-state index in [-0.39, 0.29) is 17.6 Å². The van der Waals surface area contributed by atoms with Gasteiger partial charge in [0.2, 0.25) is 15.9 Å². The van der Waals surface area contributed by atoms with Crippen molar-refractivity contribution in [1.82, 2.24) is 9.62 Å². The molecule has 0 aliphatic carbocycles. The molecule has 1 heterocycles. The molecule has 0 aromatic heterocycles. The second-order valence-electron chi connectivity index (χ2n) is 4.77. The van der Waals surface area contributed by atoms with Crippen LogP contribution in [0.3, 0.4) is 0 Å². The van der Waals surface area contributed by atoms with Crippen LogP contribution in [0.15, 0.2) is 0 Å². The molecule has 18 heavy (non-hydrogen) atoms. The van der Waals surface area contributed by atoms with Gasteiger partial charge in [0.1, 0.15) is 0 Å².